The molecule has 3 rings (SSSR count). The number of thiazole rings is 1. The Balaban J connectivity index is 1.46. The highest BCUT2D eigenvalue weighted by Gasteiger charge is 2.21. The molecule has 1 aliphatic heterocycles. The van der Waals surface area contributed by atoms with Gasteiger partial charge in [-0.05, 0) is 38.8 Å². The molecule has 132 valence electrons. The Hall–Kier alpha value is -1.51. The molecular formula is C16H26N6OS. The van der Waals surface area contributed by atoms with Crippen LogP contribution in [0.4, 0.5) is 5.13 Å². The fourth-order valence-electron chi connectivity index (χ4n) is 2.98. The van der Waals surface area contributed by atoms with Crippen molar-refractivity contribution in [1.29, 1.82) is 0 Å². The van der Waals surface area contributed by atoms with Crippen LogP contribution in [0.25, 0.3) is 0 Å². The monoisotopic (exact) mass is 350 g/mol. The molecule has 1 aliphatic rings. The summed E-state index contributed by atoms with van der Waals surface area (Å²) >= 11 is 1.77. The highest BCUT2D eigenvalue weighted by atomic mass is 32.1. The fraction of sp³-hybridized carbons (Fsp3) is 0.688. The molecule has 1 fully saturated rings. The quantitative estimate of drug-likeness (QED) is 0.856. The average Bonchev–Trinajstić information content (AvgIpc) is 3.19. The molecule has 0 spiro atoms. The number of rotatable bonds is 6. The summed E-state index contributed by atoms with van der Waals surface area (Å²) in [6.07, 6.45) is 5.65. The summed E-state index contributed by atoms with van der Waals surface area (Å²) in [6, 6.07) is 0. The van der Waals surface area contributed by atoms with E-state index in [0.29, 0.717) is 11.6 Å². The molecule has 1 atom stereocenters. The first kappa shape index (κ1) is 17.3. The summed E-state index contributed by atoms with van der Waals surface area (Å²) in [5.41, 5.74) is 0.648. The van der Waals surface area contributed by atoms with E-state index in [4.69, 9.17) is 0 Å². The summed E-state index contributed by atoms with van der Waals surface area (Å²) in [6.45, 7) is 5.82. The number of anilines is 1. The number of aromatic nitrogens is 4. The van der Waals surface area contributed by atoms with Crippen molar-refractivity contribution >= 4 is 16.5 Å². The molecule has 0 saturated carbocycles. The molecule has 0 bridgehead atoms. The molecule has 2 aromatic heterocycles. The van der Waals surface area contributed by atoms with E-state index in [1.165, 1.54) is 17.7 Å². The van der Waals surface area contributed by atoms with E-state index in [-0.39, 0.29) is 0 Å². The second-order valence-electron chi connectivity index (χ2n) is 6.76. The van der Waals surface area contributed by atoms with Crippen molar-refractivity contribution in [3.63, 3.8) is 0 Å². The van der Waals surface area contributed by atoms with Crippen molar-refractivity contribution < 1.29 is 5.11 Å². The highest BCUT2D eigenvalue weighted by molar-refractivity contribution is 7.15. The van der Waals surface area contributed by atoms with Gasteiger partial charge >= 0.3 is 0 Å². The van der Waals surface area contributed by atoms with Gasteiger partial charge in [0.1, 0.15) is 5.69 Å². The smallest absolute Gasteiger partial charge is 0.185 e. The van der Waals surface area contributed by atoms with Gasteiger partial charge in [0.15, 0.2) is 5.13 Å². The molecule has 8 heteroatoms. The molecule has 7 nitrogen and oxygen atoms in total. The predicted octanol–water partition coefficient (Wildman–Crippen LogP) is 1.77. The number of hydrogen-bond acceptors (Lipinski definition) is 7. The molecule has 0 aliphatic carbocycles. The van der Waals surface area contributed by atoms with Gasteiger partial charge in [0, 0.05) is 38.3 Å². The zero-order valence-corrected chi connectivity index (χ0v) is 15.4. The Morgan fingerprint density at radius 3 is 2.71 bits per heavy atom. The molecule has 1 N–H and O–H groups in total. The Morgan fingerprint density at radius 2 is 2.12 bits per heavy atom. The molecule has 24 heavy (non-hydrogen) atoms. The van der Waals surface area contributed by atoms with Crippen molar-refractivity contribution in [3.8, 4) is 0 Å². The van der Waals surface area contributed by atoms with Crippen molar-refractivity contribution in [1.82, 2.24) is 24.9 Å². The first-order chi connectivity index (χ1) is 11.5. The van der Waals surface area contributed by atoms with Crippen LogP contribution < -0.4 is 4.90 Å². The Labute approximate surface area is 146 Å². The van der Waals surface area contributed by atoms with Gasteiger partial charge in [-0.15, -0.1) is 16.4 Å². The van der Waals surface area contributed by atoms with Gasteiger partial charge in [0.2, 0.25) is 0 Å². The second-order valence-corrected chi connectivity index (χ2v) is 7.86. The lowest BCUT2D eigenvalue weighted by molar-refractivity contribution is 0.165. The largest absolute Gasteiger partial charge is 0.387 e. The average molecular weight is 350 g/mol. The van der Waals surface area contributed by atoms with E-state index < -0.39 is 6.10 Å². The van der Waals surface area contributed by atoms with E-state index in [2.05, 4.69) is 25.1 Å². The lowest BCUT2D eigenvalue weighted by Crippen LogP contribution is -2.34. The topological polar surface area (TPSA) is 70.3 Å². The van der Waals surface area contributed by atoms with Crippen molar-refractivity contribution in [2.45, 2.75) is 39.0 Å². The Morgan fingerprint density at radius 1 is 1.38 bits per heavy atom. The summed E-state index contributed by atoms with van der Waals surface area (Å²) in [5, 5.41) is 18.7. The van der Waals surface area contributed by atoms with Crippen LogP contribution in [0.2, 0.25) is 0 Å². The highest BCUT2D eigenvalue weighted by Crippen LogP contribution is 2.25. The van der Waals surface area contributed by atoms with Gasteiger partial charge in [0.25, 0.3) is 0 Å². The lowest BCUT2D eigenvalue weighted by Gasteiger charge is -2.31. The van der Waals surface area contributed by atoms with Crippen LogP contribution in [0.3, 0.4) is 0 Å². The van der Waals surface area contributed by atoms with E-state index in [1.54, 1.807) is 18.3 Å². The maximum atomic E-state index is 9.52. The molecule has 0 radical (unpaired) electrons. The van der Waals surface area contributed by atoms with Gasteiger partial charge in [-0.25, -0.2) is 4.98 Å². The predicted molar refractivity (Wildman–Crippen MR) is 95.1 cm³/mol. The Kier molecular flexibility index (Phi) is 5.47. The van der Waals surface area contributed by atoms with Crippen molar-refractivity contribution in [2.24, 2.45) is 5.92 Å². The number of hydrogen-bond donors (Lipinski definition) is 1. The number of piperidine rings is 1. The van der Waals surface area contributed by atoms with Crippen LogP contribution in [-0.2, 0) is 13.1 Å². The SMILES string of the molecule is CC(O)c1cn(CC2CCN(Cc3cnc(N(C)C)s3)CC2)nn1. The van der Waals surface area contributed by atoms with E-state index >= 15 is 0 Å². The van der Waals surface area contributed by atoms with Crippen LogP contribution in [-0.4, -0.2) is 57.2 Å². The third-order valence-corrected chi connectivity index (χ3v) is 5.59. The number of aliphatic hydroxyl groups excluding tert-OH is 1. The summed E-state index contributed by atoms with van der Waals surface area (Å²) in [7, 11) is 4.06. The first-order valence-electron chi connectivity index (χ1n) is 8.43. The van der Waals surface area contributed by atoms with Crippen LogP contribution in [0, 0.1) is 5.92 Å². The maximum absolute atomic E-state index is 9.52. The first-order valence-corrected chi connectivity index (χ1v) is 9.25. The maximum Gasteiger partial charge on any atom is 0.185 e. The third-order valence-electron chi connectivity index (χ3n) is 4.44. The van der Waals surface area contributed by atoms with E-state index in [9.17, 15) is 5.11 Å². The molecule has 1 saturated heterocycles. The second kappa shape index (κ2) is 7.58. The van der Waals surface area contributed by atoms with Gasteiger partial charge in [0.05, 0.1) is 12.3 Å². The number of likely N-dealkylation sites (tertiary alicyclic amines) is 1. The van der Waals surface area contributed by atoms with Gasteiger partial charge in [-0.3, -0.25) is 9.58 Å². The lowest BCUT2D eigenvalue weighted by atomic mass is 9.97. The minimum atomic E-state index is -0.549. The molecule has 0 amide bonds. The van der Waals surface area contributed by atoms with Crippen molar-refractivity contribution in [3.05, 3.63) is 23.0 Å². The van der Waals surface area contributed by atoms with E-state index in [1.807, 2.05) is 31.2 Å². The van der Waals surface area contributed by atoms with Crippen molar-refractivity contribution in [2.75, 3.05) is 32.1 Å². The van der Waals surface area contributed by atoms with Crippen LogP contribution >= 0.6 is 11.3 Å². The number of nitrogens with zero attached hydrogens (tertiary/aromatic N) is 6. The molecule has 2 aromatic rings. The summed E-state index contributed by atoms with van der Waals surface area (Å²) < 4.78 is 1.87. The Bertz CT molecular complexity index is 588. The van der Waals surface area contributed by atoms with Gasteiger partial charge in [-0.1, -0.05) is 5.21 Å². The zero-order chi connectivity index (χ0) is 17.1. The zero-order valence-electron chi connectivity index (χ0n) is 14.6. The minimum absolute atomic E-state index is 0.549. The summed E-state index contributed by atoms with van der Waals surface area (Å²) in [5.74, 6) is 0.628. The normalized spacial score (nSPS) is 18.0. The van der Waals surface area contributed by atoms with Crippen LogP contribution in [0.1, 0.15) is 36.4 Å². The minimum Gasteiger partial charge on any atom is -0.387 e. The summed E-state index contributed by atoms with van der Waals surface area (Å²) in [4.78, 5) is 10.3. The third kappa shape index (κ3) is 4.31. The van der Waals surface area contributed by atoms with Gasteiger partial charge in [-0.2, -0.15) is 0 Å². The van der Waals surface area contributed by atoms with Crippen LogP contribution in [0.5, 0.6) is 0 Å². The number of aliphatic hydroxyl groups is 1. The molecule has 0 aromatic carbocycles. The van der Waals surface area contributed by atoms with Crippen LogP contribution in [0.15, 0.2) is 12.4 Å². The standard InChI is InChI=1S/C16H26N6OS/c1-12(23)15-11-22(19-18-15)9-13-4-6-21(7-5-13)10-14-8-17-16(24-14)20(2)3/h8,11-13,23H,4-7,9-10H2,1-3H3. The van der Waals surface area contributed by atoms with E-state index in [0.717, 1.165) is 31.3 Å². The molecule has 3 heterocycles. The molecule has 1 unspecified atom stereocenters. The molecular weight excluding hydrogens is 324 g/mol. The van der Waals surface area contributed by atoms with Gasteiger partial charge < -0.3 is 10.0 Å². The fourth-order valence-corrected chi connectivity index (χ4v) is 3.86.